The van der Waals surface area contributed by atoms with E-state index >= 15 is 0 Å². The van der Waals surface area contributed by atoms with E-state index in [-0.39, 0.29) is 31.1 Å². The first-order valence-corrected chi connectivity index (χ1v) is 12.2. The second-order valence-electron chi connectivity index (χ2n) is 8.80. The van der Waals surface area contributed by atoms with Crippen molar-refractivity contribution in [2.24, 2.45) is 10.7 Å². The molecule has 4 N–H and O–H groups in total. The maximum Gasteiger partial charge on any atom is 0.413 e. The smallest absolute Gasteiger partial charge is 0.413 e. The molecule has 1 amide bonds. The first kappa shape index (κ1) is 26.2. The molecule has 2 unspecified atom stereocenters. The van der Waals surface area contributed by atoms with Crippen molar-refractivity contribution in [1.82, 2.24) is 11.1 Å². The van der Waals surface area contributed by atoms with Crippen molar-refractivity contribution in [1.29, 1.82) is 0 Å². The number of benzene rings is 2. The summed E-state index contributed by atoms with van der Waals surface area (Å²) in [5.41, 5.74) is 18.3. The Morgan fingerprint density at radius 1 is 1.06 bits per heavy atom. The zero-order valence-corrected chi connectivity index (χ0v) is 20.5. The lowest BCUT2D eigenvalue weighted by Gasteiger charge is -2.16. The summed E-state index contributed by atoms with van der Waals surface area (Å²) in [4.78, 5) is 28.3. The third kappa shape index (κ3) is 7.29. The fraction of sp³-hybridized carbons (Fsp3) is 0.444. The van der Waals surface area contributed by atoms with Gasteiger partial charge in [-0.2, -0.15) is 0 Å². The third-order valence-electron chi connectivity index (χ3n) is 6.07. The van der Waals surface area contributed by atoms with E-state index in [1.54, 1.807) is 0 Å². The molecule has 187 valence electrons. The van der Waals surface area contributed by atoms with Crippen molar-refractivity contribution in [3.63, 3.8) is 0 Å². The Morgan fingerprint density at radius 3 is 2.31 bits per heavy atom. The zero-order valence-electron chi connectivity index (χ0n) is 20.5. The predicted molar refractivity (Wildman–Crippen MR) is 136 cm³/mol. The predicted octanol–water partition coefficient (Wildman–Crippen LogP) is 4.39. The number of carbonyl (C=O) groups excluding carboxylic acids is 2. The number of esters is 1. The van der Waals surface area contributed by atoms with Crippen molar-refractivity contribution in [3.8, 4) is 11.1 Å². The zero-order chi connectivity index (χ0) is 25.2. The lowest BCUT2D eigenvalue weighted by Crippen LogP contribution is -2.38. The maximum atomic E-state index is 12.3. The molecule has 8 heteroatoms. The van der Waals surface area contributed by atoms with Crippen molar-refractivity contribution >= 4 is 18.0 Å². The highest BCUT2D eigenvalue weighted by atomic mass is 16.6. The van der Waals surface area contributed by atoms with E-state index in [1.807, 2.05) is 31.2 Å². The van der Waals surface area contributed by atoms with Crippen LogP contribution in [0.25, 0.3) is 11.1 Å². The molecule has 0 spiro atoms. The van der Waals surface area contributed by atoms with Gasteiger partial charge in [-0.15, -0.1) is 0 Å². The van der Waals surface area contributed by atoms with E-state index < -0.39 is 18.1 Å². The van der Waals surface area contributed by atoms with Gasteiger partial charge in [0.2, 0.25) is 0 Å². The minimum atomic E-state index is -0.953. The number of fused-ring (bicyclic) bond motifs is 3. The van der Waals surface area contributed by atoms with Gasteiger partial charge < -0.3 is 15.2 Å². The highest BCUT2D eigenvalue weighted by Gasteiger charge is 2.29. The van der Waals surface area contributed by atoms with Gasteiger partial charge in [0.15, 0.2) is 5.96 Å². The molecule has 0 saturated heterocycles. The molecule has 0 aromatic heterocycles. The number of alkyl carbamates (subject to hydrolysis) is 1. The Balaban J connectivity index is 1.40. The molecule has 8 nitrogen and oxygen atoms in total. The standard InChI is InChI=1S/C27H35N4O4/c1-3-4-10-18(2)35-25(32)24(28)15-9-16-30-26(29)31-27(33)34-17-23-21-13-7-5-11-19(21)20-12-6-8-14-22(20)23/h5-8,11-14,18,23-24,28H,3-4,9-10,15-17H2,1-2H3,(H3,29,30,31,33). The molecular weight excluding hydrogens is 444 g/mol. The number of aliphatic imine (C=N–C) groups is 1. The number of rotatable bonds is 11. The van der Waals surface area contributed by atoms with Crippen LogP contribution in [0, 0.1) is 0 Å². The van der Waals surface area contributed by atoms with Crippen molar-refractivity contribution in [2.45, 2.75) is 64.0 Å². The molecule has 35 heavy (non-hydrogen) atoms. The van der Waals surface area contributed by atoms with Crippen LogP contribution >= 0.6 is 0 Å². The Hall–Kier alpha value is -3.39. The quantitative estimate of drug-likeness (QED) is 0.214. The highest BCUT2D eigenvalue weighted by molar-refractivity contribution is 5.93. The molecule has 2 aromatic rings. The summed E-state index contributed by atoms with van der Waals surface area (Å²) in [5, 5.41) is 2.44. The monoisotopic (exact) mass is 479 g/mol. The number of hydrogen-bond acceptors (Lipinski definition) is 5. The Morgan fingerprint density at radius 2 is 1.69 bits per heavy atom. The van der Waals surface area contributed by atoms with E-state index in [4.69, 9.17) is 20.9 Å². The van der Waals surface area contributed by atoms with Crippen LogP contribution in [0.1, 0.15) is 63.0 Å². The van der Waals surface area contributed by atoms with Gasteiger partial charge in [0.25, 0.3) is 0 Å². The molecule has 2 aromatic carbocycles. The minimum Gasteiger partial charge on any atom is -0.461 e. The summed E-state index contributed by atoms with van der Waals surface area (Å²) in [5.74, 6) is -0.605. The van der Waals surface area contributed by atoms with E-state index in [0.717, 1.165) is 41.5 Å². The largest absolute Gasteiger partial charge is 0.461 e. The van der Waals surface area contributed by atoms with Crippen LogP contribution in [-0.4, -0.2) is 43.3 Å². The van der Waals surface area contributed by atoms with Gasteiger partial charge in [-0.25, -0.2) is 10.5 Å². The molecule has 3 rings (SSSR count). The maximum absolute atomic E-state index is 12.3. The van der Waals surface area contributed by atoms with Crippen LogP contribution < -0.4 is 16.8 Å². The van der Waals surface area contributed by atoms with Crippen LogP contribution in [0.5, 0.6) is 0 Å². The average molecular weight is 480 g/mol. The molecule has 0 aliphatic heterocycles. The van der Waals surface area contributed by atoms with Gasteiger partial charge in [0, 0.05) is 12.5 Å². The van der Waals surface area contributed by atoms with E-state index in [0.29, 0.717) is 12.8 Å². The lowest BCUT2D eigenvalue weighted by atomic mass is 9.98. The fourth-order valence-electron chi connectivity index (χ4n) is 4.22. The summed E-state index contributed by atoms with van der Waals surface area (Å²) in [7, 11) is 0. The first-order valence-electron chi connectivity index (χ1n) is 12.2. The van der Waals surface area contributed by atoms with Crippen LogP contribution in [0.15, 0.2) is 53.5 Å². The van der Waals surface area contributed by atoms with E-state index in [1.165, 1.54) is 0 Å². The molecule has 1 aliphatic carbocycles. The molecule has 0 saturated carbocycles. The number of nitrogens with one attached hydrogen (secondary N) is 2. The second kappa shape index (κ2) is 12.9. The summed E-state index contributed by atoms with van der Waals surface area (Å²) < 4.78 is 10.7. The van der Waals surface area contributed by atoms with Crippen LogP contribution in [0.2, 0.25) is 0 Å². The van der Waals surface area contributed by atoms with Gasteiger partial charge in [-0.05, 0) is 48.4 Å². The number of unbranched alkanes of at least 4 members (excludes halogenated alkanes) is 1. The molecule has 0 bridgehead atoms. The molecule has 1 aliphatic rings. The summed E-state index contributed by atoms with van der Waals surface area (Å²) in [6.45, 7) is 4.40. The third-order valence-corrected chi connectivity index (χ3v) is 6.07. The Labute approximate surface area is 207 Å². The number of ether oxygens (including phenoxy) is 2. The van der Waals surface area contributed by atoms with Crippen molar-refractivity contribution in [2.75, 3.05) is 13.2 Å². The molecule has 0 fully saturated rings. The minimum absolute atomic E-state index is 0.0373. The number of carbonyl (C=O) groups is 2. The van der Waals surface area contributed by atoms with Gasteiger partial charge >= 0.3 is 12.1 Å². The lowest BCUT2D eigenvalue weighted by molar-refractivity contribution is -0.150. The number of guanidine groups is 1. The SMILES string of the molecule is CCCCC(C)OC(=O)C([NH])CCCN=C(N)NC(=O)OCC1c2ccccc2-c2ccccc21. The normalized spacial score (nSPS) is 14.5. The number of hydrogen-bond donors (Lipinski definition) is 2. The summed E-state index contributed by atoms with van der Waals surface area (Å²) in [6, 6.07) is 15.3. The number of amides is 1. The van der Waals surface area contributed by atoms with Crippen LogP contribution in [-0.2, 0) is 14.3 Å². The van der Waals surface area contributed by atoms with Crippen molar-refractivity contribution in [3.05, 3.63) is 59.7 Å². The summed E-state index contributed by atoms with van der Waals surface area (Å²) >= 11 is 0. The molecule has 1 radical (unpaired) electrons. The molecular formula is C27H35N4O4. The van der Waals surface area contributed by atoms with Gasteiger partial charge in [0.1, 0.15) is 12.6 Å². The van der Waals surface area contributed by atoms with Crippen LogP contribution in [0.4, 0.5) is 4.79 Å². The number of nitrogens with zero attached hydrogens (tertiary/aromatic N) is 1. The van der Waals surface area contributed by atoms with E-state index in [9.17, 15) is 9.59 Å². The van der Waals surface area contributed by atoms with Crippen LogP contribution in [0.3, 0.4) is 0 Å². The number of nitrogens with two attached hydrogens (primary N) is 1. The molecule has 0 heterocycles. The van der Waals surface area contributed by atoms with E-state index in [2.05, 4.69) is 41.5 Å². The van der Waals surface area contributed by atoms with Gasteiger partial charge in [0.05, 0.1) is 6.10 Å². The fourth-order valence-corrected chi connectivity index (χ4v) is 4.22. The highest BCUT2D eigenvalue weighted by Crippen LogP contribution is 2.44. The molecule has 2 atom stereocenters. The second-order valence-corrected chi connectivity index (χ2v) is 8.80. The first-order chi connectivity index (χ1) is 16.9. The van der Waals surface area contributed by atoms with Gasteiger partial charge in [-0.3, -0.25) is 15.1 Å². The Bertz CT molecular complexity index is 994. The average Bonchev–Trinajstić information content (AvgIpc) is 3.17. The summed E-state index contributed by atoms with van der Waals surface area (Å²) in [6.07, 6.45) is 2.76. The van der Waals surface area contributed by atoms with Gasteiger partial charge in [-0.1, -0.05) is 68.3 Å². The topological polar surface area (TPSA) is 127 Å². The van der Waals surface area contributed by atoms with Crippen molar-refractivity contribution < 1.29 is 19.1 Å². The Kier molecular flexibility index (Phi) is 9.66.